The smallest absolute Gasteiger partial charge is 0.421 e. The van der Waals surface area contributed by atoms with Gasteiger partial charge in [0.15, 0.2) is 5.75 Å². The van der Waals surface area contributed by atoms with Gasteiger partial charge in [0.05, 0.1) is 18.3 Å². The summed E-state index contributed by atoms with van der Waals surface area (Å²) in [6.45, 7) is 4.80. The lowest BCUT2D eigenvalue weighted by molar-refractivity contribution is -0.137. The lowest BCUT2D eigenvalue weighted by atomic mass is 9.93. The first-order valence-corrected chi connectivity index (χ1v) is 9.98. The van der Waals surface area contributed by atoms with Crippen LogP contribution in [0.1, 0.15) is 42.3 Å². The summed E-state index contributed by atoms with van der Waals surface area (Å²) in [5.74, 6) is 0.283. The number of hydrogen-bond donors (Lipinski definition) is 1. The number of nitrogen functional groups attached to an aromatic ring is 1. The Balaban J connectivity index is 1.46. The number of aryl methyl sites for hydroxylation is 1. The predicted octanol–water partition coefficient (Wildman–Crippen LogP) is 2.90. The fourth-order valence-corrected chi connectivity index (χ4v) is 3.86. The van der Waals surface area contributed by atoms with Crippen molar-refractivity contribution in [2.45, 2.75) is 51.4 Å². The van der Waals surface area contributed by atoms with E-state index in [4.69, 9.17) is 15.2 Å². The summed E-state index contributed by atoms with van der Waals surface area (Å²) in [5, 5.41) is 4.59. The molecule has 0 amide bonds. The van der Waals surface area contributed by atoms with E-state index in [1.165, 1.54) is 11.3 Å². The van der Waals surface area contributed by atoms with Crippen molar-refractivity contribution in [2.75, 3.05) is 36.9 Å². The zero-order chi connectivity index (χ0) is 21.5. The summed E-state index contributed by atoms with van der Waals surface area (Å²) in [4.78, 5) is 8.87. The van der Waals surface area contributed by atoms with Crippen LogP contribution in [0, 0.1) is 13.8 Å². The van der Waals surface area contributed by atoms with E-state index in [9.17, 15) is 13.2 Å². The van der Waals surface area contributed by atoms with E-state index in [2.05, 4.69) is 15.1 Å². The Bertz CT molecular complexity index is 912. The standard InChI is InChI=1S/C19H25F3N6O2/c1-11-16(12(2)28(26-11)13-4-3-5-13)30-10-14-9-27(6-7-29-14)17-15(19(20,21)22)8-24-18(23)25-17/h8,13-14H,3-7,9-10H2,1-2H3,(H2,23,24,25). The number of rotatable bonds is 5. The lowest BCUT2D eigenvalue weighted by Gasteiger charge is -2.34. The Labute approximate surface area is 172 Å². The molecular weight excluding hydrogens is 401 g/mol. The second-order valence-electron chi connectivity index (χ2n) is 7.74. The number of halogens is 3. The molecule has 1 aliphatic heterocycles. The minimum absolute atomic E-state index is 0.202. The molecule has 0 bridgehead atoms. The van der Waals surface area contributed by atoms with E-state index in [1.54, 1.807) is 0 Å². The molecule has 2 aromatic rings. The van der Waals surface area contributed by atoms with Crippen LogP contribution in [0.3, 0.4) is 0 Å². The monoisotopic (exact) mass is 426 g/mol. The molecule has 11 heteroatoms. The quantitative estimate of drug-likeness (QED) is 0.786. The van der Waals surface area contributed by atoms with Crippen LogP contribution in [-0.2, 0) is 10.9 Å². The van der Waals surface area contributed by atoms with Crippen LogP contribution in [0.25, 0.3) is 0 Å². The molecule has 2 fully saturated rings. The van der Waals surface area contributed by atoms with Crippen LogP contribution >= 0.6 is 0 Å². The molecule has 0 spiro atoms. The molecule has 0 radical (unpaired) electrons. The van der Waals surface area contributed by atoms with Crippen molar-refractivity contribution in [1.82, 2.24) is 19.7 Å². The van der Waals surface area contributed by atoms with Gasteiger partial charge in [0.25, 0.3) is 0 Å². The first-order valence-electron chi connectivity index (χ1n) is 9.98. The van der Waals surface area contributed by atoms with Gasteiger partial charge in [-0.25, -0.2) is 4.98 Å². The summed E-state index contributed by atoms with van der Waals surface area (Å²) in [5.41, 5.74) is 6.40. The van der Waals surface area contributed by atoms with E-state index >= 15 is 0 Å². The van der Waals surface area contributed by atoms with E-state index in [0.29, 0.717) is 11.8 Å². The van der Waals surface area contributed by atoms with Gasteiger partial charge in [-0.05, 0) is 33.1 Å². The molecule has 1 aliphatic carbocycles. The summed E-state index contributed by atoms with van der Waals surface area (Å²) in [6.07, 6.45) is -0.824. The minimum atomic E-state index is -4.57. The summed E-state index contributed by atoms with van der Waals surface area (Å²) < 4.78 is 53.9. The molecule has 1 unspecified atom stereocenters. The van der Waals surface area contributed by atoms with Crippen molar-refractivity contribution >= 4 is 11.8 Å². The second-order valence-corrected chi connectivity index (χ2v) is 7.74. The van der Waals surface area contributed by atoms with Gasteiger partial charge < -0.3 is 20.1 Å². The number of nitrogens with two attached hydrogens (primary N) is 1. The zero-order valence-corrected chi connectivity index (χ0v) is 16.9. The molecule has 8 nitrogen and oxygen atoms in total. The molecule has 2 aromatic heterocycles. The first kappa shape index (κ1) is 20.7. The number of alkyl halides is 3. The van der Waals surface area contributed by atoms with Crippen molar-refractivity contribution in [3.8, 4) is 5.75 Å². The fourth-order valence-electron chi connectivity index (χ4n) is 3.86. The largest absolute Gasteiger partial charge is 0.487 e. The summed E-state index contributed by atoms with van der Waals surface area (Å²) >= 11 is 0. The van der Waals surface area contributed by atoms with Crippen LogP contribution < -0.4 is 15.4 Å². The number of ether oxygens (including phenoxy) is 2. The Kier molecular flexibility index (Phi) is 5.48. The topological polar surface area (TPSA) is 91.3 Å². The lowest BCUT2D eigenvalue weighted by Crippen LogP contribution is -2.46. The Morgan fingerprint density at radius 2 is 2.07 bits per heavy atom. The number of nitrogens with zero attached hydrogens (tertiary/aromatic N) is 5. The molecule has 1 saturated heterocycles. The number of anilines is 2. The number of aromatic nitrogens is 4. The van der Waals surface area contributed by atoms with Gasteiger partial charge in [0.1, 0.15) is 29.8 Å². The molecular formula is C19H25F3N6O2. The average Bonchev–Trinajstić information content (AvgIpc) is 2.91. The van der Waals surface area contributed by atoms with Crippen LogP contribution in [-0.4, -0.2) is 52.2 Å². The predicted molar refractivity (Wildman–Crippen MR) is 103 cm³/mol. The molecule has 30 heavy (non-hydrogen) atoms. The van der Waals surface area contributed by atoms with Gasteiger partial charge in [-0.15, -0.1) is 0 Å². The normalized spacial score (nSPS) is 20.3. The Morgan fingerprint density at radius 3 is 2.73 bits per heavy atom. The molecule has 1 atom stereocenters. The van der Waals surface area contributed by atoms with Gasteiger partial charge in [-0.1, -0.05) is 0 Å². The molecule has 2 N–H and O–H groups in total. The van der Waals surface area contributed by atoms with E-state index in [0.717, 1.165) is 30.4 Å². The average molecular weight is 426 g/mol. The van der Waals surface area contributed by atoms with Crippen LogP contribution in [0.4, 0.5) is 24.9 Å². The van der Waals surface area contributed by atoms with Crippen molar-refractivity contribution in [3.05, 3.63) is 23.1 Å². The fraction of sp³-hybridized carbons (Fsp3) is 0.632. The molecule has 4 rings (SSSR count). The van der Waals surface area contributed by atoms with E-state index < -0.39 is 17.8 Å². The number of hydrogen-bond acceptors (Lipinski definition) is 7. The summed E-state index contributed by atoms with van der Waals surface area (Å²) in [6, 6.07) is 0.423. The number of morpholine rings is 1. The SMILES string of the molecule is Cc1nn(C2CCC2)c(C)c1OCC1CN(c2nc(N)ncc2C(F)(F)F)CCO1. The van der Waals surface area contributed by atoms with Crippen molar-refractivity contribution in [1.29, 1.82) is 0 Å². The van der Waals surface area contributed by atoms with Gasteiger partial charge in [0, 0.05) is 19.3 Å². The highest BCUT2D eigenvalue weighted by Crippen LogP contribution is 2.37. The van der Waals surface area contributed by atoms with Gasteiger partial charge >= 0.3 is 6.18 Å². The van der Waals surface area contributed by atoms with Crippen molar-refractivity contribution in [3.63, 3.8) is 0 Å². The van der Waals surface area contributed by atoms with Gasteiger partial charge in [-0.2, -0.15) is 23.3 Å². The maximum atomic E-state index is 13.4. The first-order chi connectivity index (χ1) is 14.2. The highest BCUT2D eigenvalue weighted by Gasteiger charge is 2.38. The van der Waals surface area contributed by atoms with Gasteiger partial charge in [-0.3, -0.25) is 4.68 Å². The van der Waals surface area contributed by atoms with Crippen molar-refractivity contribution < 1.29 is 22.6 Å². The third-order valence-electron chi connectivity index (χ3n) is 5.62. The van der Waals surface area contributed by atoms with E-state index in [-0.39, 0.29) is 38.1 Å². The maximum Gasteiger partial charge on any atom is 0.421 e. The van der Waals surface area contributed by atoms with Crippen LogP contribution in [0.15, 0.2) is 6.20 Å². The summed E-state index contributed by atoms with van der Waals surface area (Å²) in [7, 11) is 0. The Morgan fingerprint density at radius 1 is 1.30 bits per heavy atom. The third kappa shape index (κ3) is 4.03. The van der Waals surface area contributed by atoms with Crippen molar-refractivity contribution in [2.24, 2.45) is 0 Å². The molecule has 3 heterocycles. The maximum absolute atomic E-state index is 13.4. The van der Waals surface area contributed by atoms with Crippen LogP contribution in [0.2, 0.25) is 0 Å². The minimum Gasteiger partial charge on any atom is -0.487 e. The molecule has 2 aliphatic rings. The van der Waals surface area contributed by atoms with E-state index in [1.807, 2.05) is 18.5 Å². The highest BCUT2D eigenvalue weighted by molar-refractivity contribution is 5.50. The molecule has 0 aromatic carbocycles. The zero-order valence-electron chi connectivity index (χ0n) is 16.9. The van der Waals surface area contributed by atoms with Gasteiger partial charge in [0.2, 0.25) is 5.95 Å². The second kappa shape index (κ2) is 7.93. The Hall–Kier alpha value is -2.56. The van der Waals surface area contributed by atoms with Crippen LogP contribution in [0.5, 0.6) is 5.75 Å². The third-order valence-corrected chi connectivity index (χ3v) is 5.62. The molecule has 1 saturated carbocycles. The molecule has 164 valence electrons. The highest BCUT2D eigenvalue weighted by atomic mass is 19.4.